The Morgan fingerprint density at radius 1 is 1.06 bits per heavy atom. The fourth-order valence-corrected chi connectivity index (χ4v) is 5.01. The standard InChI is InChI=1S/C26H21N3O5S/c1-3-34-26(33)21-15(2)19(14-27)23(35-21)28-22(30)20(13-16-9-5-4-6-10-16)29-24(31)17-11-7-8-12-18(17)25(29)32/h4-12,20H,3,13H2,1-2H3,(H,28,30)/t20-/m1/s1. The maximum absolute atomic E-state index is 13.6. The molecule has 9 heteroatoms. The molecule has 1 aliphatic rings. The molecular weight excluding hydrogens is 466 g/mol. The summed E-state index contributed by atoms with van der Waals surface area (Å²) in [5.74, 6) is -2.35. The van der Waals surface area contributed by atoms with E-state index in [-0.39, 0.29) is 39.6 Å². The van der Waals surface area contributed by atoms with Crippen LogP contribution in [0.25, 0.3) is 0 Å². The molecule has 35 heavy (non-hydrogen) atoms. The summed E-state index contributed by atoms with van der Waals surface area (Å²) in [5.41, 5.74) is 1.74. The van der Waals surface area contributed by atoms with Crippen molar-refractivity contribution in [2.75, 3.05) is 11.9 Å². The number of hydrogen-bond donors (Lipinski definition) is 1. The van der Waals surface area contributed by atoms with Crippen molar-refractivity contribution in [1.29, 1.82) is 5.26 Å². The van der Waals surface area contributed by atoms with Gasteiger partial charge in [-0.2, -0.15) is 5.26 Å². The van der Waals surface area contributed by atoms with Gasteiger partial charge in [-0.1, -0.05) is 42.5 Å². The highest BCUT2D eigenvalue weighted by molar-refractivity contribution is 7.18. The number of benzene rings is 2. The second kappa shape index (κ2) is 9.91. The molecule has 8 nitrogen and oxygen atoms in total. The molecule has 3 aromatic rings. The second-order valence-corrected chi connectivity index (χ2v) is 8.83. The molecule has 1 aromatic heterocycles. The number of esters is 1. The highest BCUT2D eigenvalue weighted by Crippen LogP contribution is 2.34. The third-order valence-electron chi connectivity index (χ3n) is 5.67. The normalized spacial score (nSPS) is 13.2. The Labute approximate surface area is 205 Å². The van der Waals surface area contributed by atoms with Crippen molar-refractivity contribution in [2.24, 2.45) is 0 Å². The Morgan fingerprint density at radius 3 is 2.23 bits per heavy atom. The predicted molar refractivity (Wildman–Crippen MR) is 129 cm³/mol. The highest BCUT2D eigenvalue weighted by Gasteiger charge is 2.43. The predicted octanol–water partition coefficient (Wildman–Crippen LogP) is 3.95. The molecule has 176 valence electrons. The first-order valence-electron chi connectivity index (χ1n) is 10.9. The molecule has 0 aliphatic carbocycles. The Morgan fingerprint density at radius 2 is 1.66 bits per heavy atom. The van der Waals surface area contributed by atoms with Crippen LogP contribution in [0.3, 0.4) is 0 Å². The fourth-order valence-electron chi connectivity index (χ4n) is 3.95. The molecule has 2 aromatic carbocycles. The first-order chi connectivity index (χ1) is 16.9. The lowest BCUT2D eigenvalue weighted by Gasteiger charge is -2.25. The Balaban J connectivity index is 1.70. The number of carbonyl (C=O) groups excluding carboxylic acids is 4. The maximum Gasteiger partial charge on any atom is 0.348 e. The number of nitrogens with one attached hydrogen (secondary N) is 1. The summed E-state index contributed by atoms with van der Waals surface area (Å²) < 4.78 is 5.05. The summed E-state index contributed by atoms with van der Waals surface area (Å²) in [5, 5.41) is 12.5. The number of thiophene rings is 1. The molecule has 0 saturated carbocycles. The smallest absolute Gasteiger partial charge is 0.348 e. The van der Waals surface area contributed by atoms with Gasteiger partial charge < -0.3 is 10.1 Å². The first-order valence-corrected chi connectivity index (χ1v) is 11.7. The number of anilines is 1. The van der Waals surface area contributed by atoms with E-state index in [1.807, 2.05) is 12.1 Å². The molecule has 2 heterocycles. The zero-order valence-corrected chi connectivity index (χ0v) is 19.8. The zero-order chi connectivity index (χ0) is 25.1. The van der Waals surface area contributed by atoms with E-state index >= 15 is 0 Å². The van der Waals surface area contributed by atoms with Gasteiger partial charge in [0.15, 0.2) is 0 Å². The summed E-state index contributed by atoms with van der Waals surface area (Å²) in [7, 11) is 0. The van der Waals surface area contributed by atoms with Gasteiger partial charge in [0.2, 0.25) is 5.91 Å². The molecule has 0 saturated heterocycles. The van der Waals surface area contributed by atoms with Crippen molar-refractivity contribution in [3.63, 3.8) is 0 Å². The first kappa shape index (κ1) is 23.9. The topological polar surface area (TPSA) is 117 Å². The van der Waals surface area contributed by atoms with Crippen LogP contribution in [0.15, 0.2) is 54.6 Å². The van der Waals surface area contributed by atoms with Gasteiger partial charge in [0.1, 0.15) is 22.0 Å². The minimum Gasteiger partial charge on any atom is -0.462 e. The number of carbonyl (C=O) groups is 4. The summed E-state index contributed by atoms with van der Waals surface area (Å²) in [4.78, 5) is 53.3. The van der Waals surface area contributed by atoms with Gasteiger partial charge in [0.05, 0.1) is 23.3 Å². The fraction of sp³-hybridized carbons (Fsp3) is 0.192. The van der Waals surface area contributed by atoms with E-state index in [0.717, 1.165) is 21.8 Å². The minimum atomic E-state index is -1.18. The van der Waals surface area contributed by atoms with Crippen LogP contribution in [-0.2, 0) is 16.0 Å². The molecule has 0 radical (unpaired) electrons. The van der Waals surface area contributed by atoms with E-state index in [1.54, 1.807) is 62.4 Å². The number of imide groups is 1. The van der Waals surface area contributed by atoms with Gasteiger partial charge in [0, 0.05) is 6.42 Å². The van der Waals surface area contributed by atoms with Crippen LogP contribution in [0.1, 0.15) is 54.0 Å². The van der Waals surface area contributed by atoms with Crippen LogP contribution in [0.4, 0.5) is 5.00 Å². The second-order valence-electron chi connectivity index (χ2n) is 7.81. The third kappa shape index (κ3) is 4.44. The number of nitrogens with zero attached hydrogens (tertiary/aromatic N) is 2. The van der Waals surface area contributed by atoms with E-state index in [0.29, 0.717) is 5.56 Å². The average Bonchev–Trinajstić information content (AvgIpc) is 3.31. The third-order valence-corrected chi connectivity index (χ3v) is 6.86. The molecule has 0 unspecified atom stereocenters. The van der Waals surface area contributed by atoms with E-state index in [1.165, 1.54) is 0 Å². The minimum absolute atomic E-state index is 0.0785. The van der Waals surface area contributed by atoms with Crippen LogP contribution in [-0.4, -0.2) is 41.2 Å². The molecule has 3 amide bonds. The number of rotatable bonds is 7. The molecule has 0 bridgehead atoms. The number of ether oxygens (including phenoxy) is 1. The van der Waals surface area contributed by atoms with Crippen molar-refractivity contribution in [2.45, 2.75) is 26.3 Å². The molecule has 1 atom stereocenters. The van der Waals surface area contributed by atoms with Crippen LogP contribution >= 0.6 is 11.3 Å². The van der Waals surface area contributed by atoms with Crippen molar-refractivity contribution >= 4 is 40.0 Å². The quantitative estimate of drug-likeness (QED) is 0.398. The monoisotopic (exact) mass is 487 g/mol. The van der Waals surface area contributed by atoms with E-state index in [4.69, 9.17) is 4.74 Å². The Bertz CT molecular complexity index is 1340. The Kier molecular flexibility index (Phi) is 6.75. The number of amides is 3. The highest BCUT2D eigenvalue weighted by atomic mass is 32.1. The lowest BCUT2D eigenvalue weighted by atomic mass is 10.0. The van der Waals surface area contributed by atoms with Crippen LogP contribution in [0, 0.1) is 18.3 Å². The van der Waals surface area contributed by atoms with Crippen molar-refractivity contribution < 1.29 is 23.9 Å². The summed E-state index contributed by atoms with van der Waals surface area (Å²) in [6.45, 7) is 3.44. The molecule has 4 rings (SSSR count). The van der Waals surface area contributed by atoms with Gasteiger partial charge in [0.25, 0.3) is 11.8 Å². The number of hydrogen-bond acceptors (Lipinski definition) is 7. The van der Waals surface area contributed by atoms with Gasteiger partial charge in [-0.3, -0.25) is 19.3 Å². The van der Waals surface area contributed by atoms with Gasteiger partial charge in [-0.25, -0.2) is 4.79 Å². The van der Waals surface area contributed by atoms with Gasteiger partial charge in [-0.15, -0.1) is 11.3 Å². The van der Waals surface area contributed by atoms with Gasteiger partial charge >= 0.3 is 5.97 Å². The maximum atomic E-state index is 13.6. The van der Waals surface area contributed by atoms with Crippen molar-refractivity contribution in [3.05, 3.63) is 87.3 Å². The SMILES string of the molecule is CCOC(=O)c1sc(NC(=O)[C@@H](Cc2ccccc2)N2C(=O)c3ccccc3C2=O)c(C#N)c1C. The van der Waals surface area contributed by atoms with Crippen LogP contribution in [0.5, 0.6) is 0 Å². The van der Waals surface area contributed by atoms with Crippen LogP contribution in [0.2, 0.25) is 0 Å². The lowest BCUT2D eigenvalue weighted by Crippen LogP contribution is -2.48. The zero-order valence-electron chi connectivity index (χ0n) is 19.0. The molecule has 0 spiro atoms. The van der Waals surface area contributed by atoms with E-state index in [2.05, 4.69) is 5.32 Å². The van der Waals surface area contributed by atoms with Crippen molar-refractivity contribution in [3.8, 4) is 6.07 Å². The number of nitriles is 1. The molecule has 1 N–H and O–H groups in total. The largest absolute Gasteiger partial charge is 0.462 e. The van der Waals surface area contributed by atoms with Crippen molar-refractivity contribution in [1.82, 2.24) is 4.90 Å². The summed E-state index contributed by atoms with van der Waals surface area (Å²) in [6.07, 6.45) is 0.0785. The summed E-state index contributed by atoms with van der Waals surface area (Å²) in [6, 6.07) is 16.3. The average molecular weight is 488 g/mol. The lowest BCUT2D eigenvalue weighted by molar-refractivity contribution is -0.119. The number of fused-ring (bicyclic) bond motifs is 1. The van der Waals surface area contributed by atoms with E-state index in [9.17, 15) is 24.4 Å². The molecular formula is C26H21N3O5S. The van der Waals surface area contributed by atoms with E-state index < -0.39 is 29.7 Å². The Hall–Kier alpha value is -4.29. The van der Waals surface area contributed by atoms with Gasteiger partial charge in [-0.05, 0) is 37.1 Å². The summed E-state index contributed by atoms with van der Waals surface area (Å²) >= 11 is 0.925. The van der Waals surface area contributed by atoms with Crippen LogP contribution < -0.4 is 5.32 Å². The molecule has 1 aliphatic heterocycles. The molecule has 0 fully saturated rings.